The lowest BCUT2D eigenvalue weighted by molar-refractivity contribution is 0.188. The molecular weight excluding hydrogens is 448 g/mol. The normalized spacial score (nSPS) is 15.5. The number of piperazine rings is 1. The highest BCUT2D eigenvalue weighted by atomic mass is 32.1. The molecule has 1 aromatic carbocycles. The van der Waals surface area contributed by atoms with E-state index >= 15 is 0 Å². The van der Waals surface area contributed by atoms with Crippen molar-refractivity contribution in [3.8, 4) is 10.4 Å². The zero-order chi connectivity index (χ0) is 23.3. The van der Waals surface area contributed by atoms with E-state index in [4.69, 9.17) is 10.1 Å². The molecule has 1 aliphatic rings. The van der Waals surface area contributed by atoms with Crippen molar-refractivity contribution in [1.29, 1.82) is 0 Å². The van der Waals surface area contributed by atoms with E-state index in [9.17, 15) is 5.11 Å². The number of anilines is 2. The maximum Gasteiger partial charge on any atom is 0.148 e. The largest absolute Gasteiger partial charge is 0.395 e. The first-order valence-corrected chi connectivity index (χ1v) is 12.3. The van der Waals surface area contributed by atoms with E-state index in [1.54, 1.807) is 17.7 Å². The molecule has 0 amide bonds. The van der Waals surface area contributed by atoms with Crippen molar-refractivity contribution in [2.45, 2.75) is 6.04 Å². The number of nitrogens with one attached hydrogen (secondary N) is 1. The molecule has 0 aliphatic carbocycles. The number of benzene rings is 1. The third-order valence-corrected chi connectivity index (χ3v) is 7.33. The number of fused-ring (bicyclic) bond motifs is 1. The lowest BCUT2D eigenvalue weighted by atomic mass is 10.1. The van der Waals surface area contributed by atoms with Gasteiger partial charge in [-0.1, -0.05) is 30.3 Å². The van der Waals surface area contributed by atoms with Crippen LogP contribution in [0.1, 0.15) is 11.6 Å². The Bertz CT molecular complexity index is 1210. The Hall–Kier alpha value is -3.11. The fourth-order valence-corrected chi connectivity index (χ4v) is 5.30. The van der Waals surface area contributed by atoms with Gasteiger partial charge < -0.3 is 20.4 Å². The lowest BCUT2D eigenvalue weighted by Crippen LogP contribution is -2.47. The van der Waals surface area contributed by atoms with Gasteiger partial charge in [-0.3, -0.25) is 4.90 Å². The Labute approximate surface area is 202 Å². The Kier molecular flexibility index (Phi) is 6.96. The van der Waals surface area contributed by atoms with Gasteiger partial charge in [-0.15, -0.1) is 11.3 Å². The standard InChI is InChI=1S/C25H28N6O2S/c32-13-12-30-8-10-31(11-9-30)23-7-6-19(15-26-23)22-14-20-24(34-22)25(28-17-27-20)29-21(16-33)18-4-2-1-3-5-18/h1-7,14-15,17,21,32-33H,8-13,16H2,(H,27,28,29)/t21-/m1/s1. The molecule has 1 atom stereocenters. The van der Waals surface area contributed by atoms with Crippen molar-refractivity contribution < 1.29 is 10.2 Å². The molecule has 34 heavy (non-hydrogen) atoms. The van der Waals surface area contributed by atoms with Crippen LogP contribution in [0.4, 0.5) is 11.6 Å². The molecule has 176 valence electrons. The van der Waals surface area contributed by atoms with Gasteiger partial charge in [0.25, 0.3) is 0 Å². The summed E-state index contributed by atoms with van der Waals surface area (Å²) in [5, 5.41) is 22.5. The summed E-state index contributed by atoms with van der Waals surface area (Å²) in [6.45, 7) is 4.60. The average Bonchev–Trinajstić information content (AvgIpc) is 3.34. The second-order valence-electron chi connectivity index (χ2n) is 8.29. The summed E-state index contributed by atoms with van der Waals surface area (Å²) in [6.07, 6.45) is 3.47. The molecule has 1 fully saturated rings. The summed E-state index contributed by atoms with van der Waals surface area (Å²) in [4.78, 5) is 19.3. The van der Waals surface area contributed by atoms with Gasteiger partial charge in [0, 0.05) is 49.4 Å². The minimum Gasteiger partial charge on any atom is -0.395 e. The minimum absolute atomic E-state index is 0.0343. The number of pyridine rings is 1. The number of nitrogens with zero attached hydrogens (tertiary/aromatic N) is 5. The van der Waals surface area contributed by atoms with E-state index in [0.29, 0.717) is 0 Å². The van der Waals surface area contributed by atoms with Crippen LogP contribution in [0.5, 0.6) is 0 Å². The van der Waals surface area contributed by atoms with E-state index in [-0.39, 0.29) is 19.3 Å². The van der Waals surface area contributed by atoms with Gasteiger partial charge in [0.15, 0.2) is 0 Å². The molecule has 0 bridgehead atoms. The number of rotatable bonds is 8. The van der Waals surface area contributed by atoms with Crippen LogP contribution in [-0.2, 0) is 0 Å². The molecule has 0 saturated carbocycles. The molecule has 8 nitrogen and oxygen atoms in total. The van der Waals surface area contributed by atoms with Crippen LogP contribution in [-0.4, -0.2) is 76.0 Å². The molecule has 5 rings (SSSR count). The summed E-state index contributed by atoms with van der Waals surface area (Å²) in [5.41, 5.74) is 2.91. The summed E-state index contributed by atoms with van der Waals surface area (Å²) in [5.74, 6) is 1.69. The maximum absolute atomic E-state index is 9.94. The Balaban J connectivity index is 1.34. The summed E-state index contributed by atoms with van der Waals surface area (Å²) < 4.78 is 0.955. The fourth-order valence-electron chi connectivity index (χ4n) is 4.25. The smallest absolute Gasteiger partial charge is 0.148 e. The Morgan fingerprint density at radius 2 is 1.79 bits per heavy atom. The quantitative estimate of drug-likeness (QED) is 0.357. The van der Waals surface area contributed by atoms with Crippen molar-refractivity contribution in [2.75, 3.05) is 56.2 Å². The van der Waals surface area contributed by atoms with Crippen LogP contribution in [0.25, 0.3) is 20.7 Å². The number of aliphatic hydroxyl groups is 2. The number of aromatic nitrogens is 3. The van der Waals surface area contributed by atoms with Crippen LogP contribution in [0, 0.1) is 0 Å². The van der Waals surface area contributed by atoms with E-state index in [1.807, 2.05) is 36.5 Å². The molecular formula is C25H28N6O2S. The topological polar surface area (TPSA) is 97.6 Å². The second-order valence-corrected chi connectivity index (χ2v) is 9.35. The summed E-state index contributed by atoms with van der Waals surface area (Å²) >= 11 is 1.62. The third kappa shape index (κ3) is 4.88. The molecule has 3 aromatic heterocycles. The van der Waals surface area contributed by atoms with Crippen LogP contribution >= 0.6 is 11.3 Å². The molecule has 0 radical (unpaired) electrons. The molecule has 1 aliphatic heterocycles. The van der Waals surface area contributed by atoms with E-state index in [1.165, 1.54) is 0 Å². The van der Waals surface area contributed by atoms with Gasteiger partial charge in [0.05, 0.1) is 29.5 Å². The van der Waals surface area contributed by atoms with E-state index in [0.717, 1.165) is 70.6 Å². The predicted molar refractivity (Wildman–Crippen MR) is 136 cm³/mol. The van der Waals surface area contributed by atoms with Gasteiger partial charge in [0.1, 0.15) is 18.0 Å². The van der Waals surface area contributed by atoms with Crippen LogP contribution < -0.4 is 10.2 Å². The zero-order valence-corrected chi connectivity index (χ0v) is 19.7. The van der Waals surface area contributed by atoms with Gasteiger partial charge in [0.2, 0.25) is 0 Å². The van der Waals surface area contributed by atoms with Crippen molar-refractivity contribution in [3.05, 3.63) is 66.6 Å². The van der Waals surface area contributed by atoms with E-state index in [2.05, 4.69) is 43.3 Å². The number of thiophene rings is 1. The number of aliphatic hydroxyl groups excluding tert-OH is 2. The first-order chi connectivity index (χ1) is 16.7. The van der Waals surface area contributed by atoms with Crippen molar-refractivity contribution in [1.82, 2.24) is 19.9 Å². The van der Waals surface area contributed by atoms with Crippen LogP contribution in [0.15, 0.2) is 61.1 Å². The Morgan fingerprint density at radius 3 is 2.50 bits per heavy atom. The van der Waals surface area contributed by atoms with Gasteiger partial charge in [-0.25, -0.2) is 15.0 Å². The minimum atomic E-state index is -0.247. The molecule has 4 heterocycles. The zero-order valence-electron chi connectivity index (χ0n) is 18.8. The van der Waals surface area contributed by atoms with Gasteiger partial charge in [-0.2, -0.15) is 0 Å². The first-order valence-electron chi connectivity index (χ1n) is 11.5. The number of hydrogen-bond acceptors (Lipinski definition) is 9. The fraction of sp³-hybridized carbons (Fsp3) is 0.320. The highest BCUT2D eigenvalue weighted by Gasteiger charge is 2.18. The average molecular weight is 477 g/mol. The maximum atomic E-state index is 9.94. The molecule has 0 spiro atoms. The Morgan fingerprint density at radius 1 is 0.971 bits per heavy atom. The van der Waals surface area contributed by atoms with Crippen LogP contribution in [0.2, 0.25) is 0 Å². The summed E-state index contributed by atoms with van der Waals surface area (Å²) in [6, 6.07) is 15.9. The number of β-amino-alcohol motifs (C(OH)–C–C–N with tert-alkyl or cyclic N) is 1. The van der Waals surface area contributed by atoms with E-state index < -0.39 is 0 Å². The SMILES string of the molecule is OCCN1CCN(c2ccc(-c3cc4ncnc(N[C@H](CO)c5ccccc5)c4s3)cn2)CC1. The van der Waals surface area contributed by atoms with Crippen molar-refractivity contribution in [3.63, 3.8) is 0 Å². The number of hydrogen-bond donors (Lipinski definition) is 3. The molecule has 4 aromatic rings. The van der Waals surface area contributed by atoms with Crippen LogP contribution in [0.3, 0.4) is 0 Å². The molecule has 0 unspecified atom stereocenters. The second kappa shape index (κ2) is 10.4. The summed E-state index contributed by atoms with van der Waals surface area (Å²) in [7, 11) is 0. The van der Waals surface area contributed by atoms with Crippen molar-refractivity contribution >= 4 is 33.2 Å². The first kappa shape index (κ1) is 22.7. The molecule has 1 saturated heterocycles. The molecule has 9 heteroatoms. The monoisotopic (exact) mass is 476 g/mol. The highest BCUT2D eigenvalue weighted by molar-refractivity contribution is 7.22. The molecule has 3 N–H and O–H groups in total. The van der Waals surface area contributed by atoms with Crippen molar-refractivity contribution in [2.24, 2.45) is 0 Å². The van der Waals surface area contributed by atoms with Gasteiger partial charge >= 0.3 is 0 Å². The van der Waals surface area contributed by atoms with Gasteiger partial charge in [-0.05, 0) is 23.8 Å². The third-order valence-electron chi connectivity index (χ3n) is 6.15. The lowest BCUT2D eigenvalue weighted by Gasteiger charge is -2.35. The predicted octanol–water partition coefficient (Wildman–Crippen LogP) is 3.01. The highest BCUT2D eigenvalue weighted by Crippen LogP contribution is 2.36.